The van der Waals surface area contributed by atoms with Gasteiger partial charge in [-0.25, -0.2) is 5.01 Å². The number of fused-ring (bicyclic) bond motifs is 1. The fraction of sp³-hybridized carbons (Fsp3) is 0. The second kappa shape index (κ2) is 3.96. The molecule has 0 spiro atoms. The lowest BCUT2D eigenvalue weighted by molar-refractivity contribution is 1.10. The Morgan fingerprint density at radius 3 is 2.53 bits per heavy atom. The van der Waals surface area contributed by atoms with Crippen molar-refractivity contribution < 1.29 is 0 Å². The van der Waals surface area contributed by atoms with E-state index in [1.165, 1.54) is 5.39 Å². The van der Waals surface area contributed by atoms with Crippen LogP contribution in [-0.2, 0) is 0 Å². The Kier molecular flexibility index (Phi) is 2.50. The van der Waals surface area contributed by atoms with E-state index in [0.29, 0.717) is 0 Å². The first kappa shape index (κ1) is 9.46. The molecule has 0 aromatic heterocycles. The molecular formula is C13H12N2. The summed E-state index contributed by atoms with van der Waals surface area (Å²) < 4.78 is 0. The highest BCUT2D eigenvalue weighted by Crippen LogP contribution is 2.26. The van der Waals surface area contributed by atoms with Crippen molar-refractivity contribution >= 4 is 23.2 Å². The molecule has 0 fully saturated rings. The standard InChI is InChI=1S/C13H12N2/c1-3-15(14-2)13-10-6-8-11-7-4-5-9-12(11)13/h3-10H,1-2H2. The molecule has 0 aliphatic carbocycles. The van der Waals surface area contributed by atoms with Gasteiger partial charge < -0.3 is 0 Å². The van der Waals surface area contributed by atoms with Crippen molar-refractivity contribution in [1.82, 2.24) is 0 Å². The largest absolute Gasteiger partial charge is 0.242 e. The van der Waals surface area contributed by atoms with E-state index in [2.05, 4.69) is 36.6 Å². The number of hydrogen-bond acceptors (Lipinski definition) is 2. The van der Waals surface area contributed by atoms with Crippen LogP contribution in [0.4, 0.5) is 5.69 Å². The van der Waals surface area contributed by atoms with Crippen LogP contribution in [0.25, 0.3) is 10.8 Å². The molecule has 2 aromatic rings. The lowest BCUT2D eigenvalue weighted by Gasteiger charge is -2.15. The average molecular weight is 196 g/mol. The van der Waals surface area contributed by atoms with Gasteiger partial charge in [0.2, 0.25) is 0 Å². The van der Waals surface area contributed by atoms with Crippen LogP contribution in [0.3, 0.4) is 0 Å². The SMILES string of the molecule is C=CN(N=C)c1cccc2ccccc12. The van der Waals surface area contributed by atoms with Crippen molar-refractivity contribution in [2.24, 2.45) is 5.10 Å². The molecule has 0 saturated carbocycles. The Balaban J connectivity index is 2.69. The van der Waals surface area contributed by atoms with E-state index in [1.54, 1.807) is 11.2 Å². The maximum Gasteiger partial charge on any atom is 0.0723 e. The number of hydrazone groups is 1. The number of hydrogen-bond donors (Lipinski definition) is 0. The summed E-state index contributed by atoms with van der Waals surface area (Å²) in [6.07, 6.45) is 1.65. The number of benzene rings is 2. The fourth-order valence-corrected chi connectivity index (χ4v) is 1.64. The van der Waals surface area contributed by atoms with Gasteiger partial charge in [0.15, 0.2) is 0 Å². The van der Waals surface area contributed by atoms with Crippen LogP contribution in [0.15, 0.2) is 60.3 Å². The van der Waals surface area contributed by atoms with Crippen molar-refractivity contribution in [2.45, 2.75) is 0 Å². The van der Waals surface area contributed by atoms with Crippen LogP contribution < -0.4 is 5.01 Å². The minimum absolute atomic E-state index is 0.998. The lowest BCUT2D eigenvalue weighted by atomic mass is 10.1. The Labute approximate surface area is 89.1 Å². The predicted octanol–water partition coefficient (Wildman–Crippen LogP) is 3.41. The zero-order valence-electron chi connectivity index (χ0n) is 8.43. The summed E-state index contributed by atoms with van der Waals surface area (Å²) in [4.78, 5) is 0. The van der Waals surface area contributed by atoms with E-state index in [9.17, 15) is 0 Å². The van der Waals surface area contributed by atoms with Crippen molar-refractivity contribution in [1.29, 1.82) is 0 Å². The monoisotopic (exact) mass is 196 g/mol. The maximum absolute atomic E-state index is 3.89. The molecule has 0 aliphatic rings. The molecule has 0 aliphatic heterocycles. The predicted molar refractivity (Wildman–Crippen MR) is 66.2 cm³/mol. The molecular weight excluding hydrogens is 184 g/mol. The van der Waals surface area contributed by atoms with Gasteiger partial charge >= 0.3 is 0 Å². The number of anilines is 1. The third-order valence-corrected chi connectivity index (χ3v) is 2.34. The lowest BCUT2D eigenvalue weighted by Crippen LogP contribution is -2.05. The van der Waals surface area contributed by atoms with E-state index < -0.39 is 0 Å². The second-order valence-electron chi connectivity index (χ2n) is 3.17. The quantitative estimate of drug-likeness (QED) is 0.542. The Morgan fingerprint density at radius 1 is 1.07 bits per heavy atom. The van der Waals surface area contributed by atoms with Crippen LogP contribution >= 0.6 is 0 Å². The highest BCUT2D eigenvalue weighted by Gasteiger charge is 2.03. The van der Waals surface area contributed by atoms with Crippen LogP contribution in [0.5, 0.6) is 0 Å². The topological polar surface area (TPSA) is 15.6 Å². The normalized spacial score (nSPS) is 9.87. The number of rotatable bonds is 3. The molecule has 74 valence electrons. The third kappa shape index (κ3) is 1.62. The first-order chi connectivity index (χ1) is 7.36. The molecule has 2 nitrogen and oxygen atoms in total. The highest BCUT2D eigenvalue weighted by atomic mass is 15.4. The zero-order chi connectivity index (χ0) is 10.7. The van der Waals surface area contributed by atoms with Gasteiger partial charge in [0.05, 0.1) is 5.69 Å². The van der Waals surface area contributed by atoms with E-state index in [4.69, 9.17) is 0 Å². The van der Waals surface area contributed by atoms with Gasteiger partial charge in [-0.1, -0.05) is 43.0 Å². The minimum Gasteiger partial charge on any atom is -0.242 e. The summed E-state index contributed by atoms with van der Waals surface area (Å²) in [6.45, 7) is 7.23. The summed E-state index contributed by atoms with van der Waals surface area (Å²) in [5.74, 6) is 0. The molecule has 0 amide bonds. The van der Waals surface area contributed by atoms with Crippen molar-refractivity contribution in [3.8, 4) is 0 Å². The Bertz CT molecular complexity index is 489. The Morgan fingerprint density at radius 2 is 1.80 bits per heavy atom. The summed E-state index contributed by atoms with van der Waals surface area (Å²) >= 11 is 0. The van der Waals surface area contributed by atoms with E-state index in [0.717, 1.165) is 11.1 Å². The molecule has 0 unspecified atom stereocenters. The molecule has 0 bridgehead atoms. The van der Waals surface area contributed by atoms with Crippen molar-refractivity contribution in [2.75, 3.05) is 5.01 Å². The van der Waals surface area contributed by atoms with Gasteiger partial charge in [-0.05, 0) is 11.5 Å². The molecule has 15 heavy (non-hydrogen) atoms. The van der Waals surface area contributed by atoms with Crippen LogP contribution in [0.2, 0.25) is 0 Å². The number of nitrogens with zero attached hydrogens (tertiary/aromatic N) is 2. The first-order valence-electron chi connectivity index (χ1n) is 4.73. The second-order valence-corrected chi connectivity index (χ2v) is 3.17. The highest BCUT2D eigenvalue weighted by molar-refractivity contribution is 5.94. The van der Waals surface area contributed by atoms with Gasteiger partial charge in [-0.3, -0.25) is 0 Å². The fourth-order valence-electron chi connectivity index (χ4n) is 1.64. The molecule has 2 aromatic carbocycles. The molecule has 0 heterocycles. The first-order valence-corrected chi connectivity index (χ1v) is 4.73. The molecule has 0 atom stereocenters. The summed E-state index contributed by atoms with van der Waals surface area (Å²) in [5, 5.41) is 7.89. The van der Waals surface area contributed by atoms with E-state index in [1.807, 2.05) is 24.3 Å². The van der Waals surface area contributed by atoms with Crippen LogP contribution in [0.1, 0.15) is 0 Å². The molecule has 2 heteroatoms. The van der Waals surface area contributed by atoms with Crippen LogP contribution in [0, 0.1) is 0 Å². The van der Waals surface area contributed by atoms with Crippen molar-refractivity contribution in [3.05, 3.63) is 55.2 Å². The zero-order valence-corrected chi connectivity index (χ0v) is 8.43. The van der Waals surface area contributed by atoms with Crippen molar-refractivity contribution in [3.63, 3.8) is 0 Å². The van der Waals surface area contributed by atoms with Gasteiger partial charge in [0.1, 0.15) is 0 Å². The van der Waals surface area contributed by atoms with Gasteiger partial charge in [-0.15, -0.1) is 0 Å². The van der Waals surface area contributed by atoms with E-state index in [-0.39, 0.29) is 0 Å². The summed E-state index contributed by atoms with van der Waals surface area (Å²) in [5.41, 5.74) is 0.998. The molecule has 0 N–H and O–H groups in total. The average Bonchev–Trinajstić information content (AvgIpc) is 2.31. The smallest absolute Gasteiger partial charge is 0.0723 e. The Hall–Kier alpha value is -2.09. The molecule has 2 rings (SSSR count). The van der Waals surface area contributed by atoms with Gasteiger partial charge in [0, 0.05) is 18.3 Å². The van der Waals surface area contributed by atoms with Crippen LogP contribution in [-0.4, -0.2) is 6.72 Å². The van der Waals surface area contributed by atoms with E-state index >= 15 is 0 Å². The molecule has 0 saturated heterocycles. The van der Waals surface area contributed by atoms with Gasteiger partial charge in [-0.2, -0.15) is 5.10 Å². The molecule has 0 radical (unpaired) electrons. The van der Waals surface area contributed by atoms with Gasteiger partial charge in [0.25, 0.3) is 0 Å². The summed E-state index contributed by atoms with van der Waals surface area (Å²) in [7, 11) is 0. The maximum atomic E-state index is 3.89. The summed E-state index contributed by atoms with van der Waals surface area (Å²) in [6, 6.07) is 14.2. The third-order valence-electron chi connectivity index (χ3n) is 2.34. The minimum atomic E-state index is 0.998.